The molecule has 0 radical (unpaired) electrons. The molecule has 0 amide bonds. The van der Waals surface area contributed by atoms with Gasteiger partial charge in [0.15, 0.2) is 0 Å². The number of oxazole rings is 1. The van der Waals surface area contributed by atoms with Crippen molar-refractivity contribution in [1.82, 2.24) is 14.4 Å². The summed E-state index contributed by atoms with van der Waals surface area (Å²) >= 11 is 0. The third kappa shape index (κ3) is 2.82. The summed E-state index contributed by atoms with van der Waals surface area (Å²) in [6.07, 6.45) is 10.6. The number of hydrazone groups is 1. The van der Waals surface area contributed by atoms with Gasteiger partial charge in [0.25, 0.3) is 0 Å². The van der Waals surface area contributed by atoms with Crippen LogP contribution < -0.4 is 5.43 Å². The Balaban J connectivity index is 1.47. The number of nitrogens with one attached hydrogen (secondary N) is 1. The van der Waals surface area contributed by atoms with Gasteiger partial charge in [-0.1, -0.05) is 12.1 Å². The predicted octanol–water partition coefficient (Wildman–Crippen LogP) is 3.44. The van der Waals surface area contributed by atoms with Crippen LogP contribution in [-0.4, -0.2) is 20.6 Å². The first kappa shape index (κ1) is 13.3. The highest BCUT2D eigenvalue weighted by atomic mass is 16.3. The van der Waals surface area contributed by atoms with E-state index >= 15 is 0 Å². The van der Waals surface area contributed by atoms with E-state index in [4.69, 9.17) is 4.42 Å². The van der Waals surface area contributed by atoms with Crippen molar-refractivity contribution in [3.8, 4) is 11.3 Å². The van der Waals surface area contributed by atoms with E-state index in [0.717, 1.165) is 22.5 Å². The average Bonchev–Trinajstić information content (AvgIpc) is 3.18. The molecule has 0 fully saturated rings. The minimum absolute atomic E-state index is 0.587. The highest BCUT2D eigenvalue weighted by Crippen LogP contribution is 2.21. The Morgan fingerprint density at radius 2 is 1.91 bits per heavy atom. The highest BCUT2D eigenvalue weighted by molar-refractivity contribution is 5.79. The van der Waals surface area contributed by atoms with Gasteiger partial charge in [-0.3, -0.25) is 14.8 Å². The number of hydrogen-bond acceptors (Lipinski definition) is 5. The Hall–Kier alpha value is -3.41. The minimum atomic E-state index is 0.587. The van der Waals surface area contributed by atoms with Gasteiger partial charge in [-0.05, 0) is 29.8 Å². The maximum absolute atomic E-state index is 5.25. The molecule has 6 heteroatoms. The molecule has 0 unspecified atom stereocenters. The standard InChI is InChI=1S/C17H13N5O/c1-3-15(21-19-11-13-5-7-18-8-6-13)4-2-14(1)16-12-22-9-10-23-17(22)20-16/h1-12,21H. The molecule has 4 rings (SSSR count). The number of pyridine rings is 1. The molecule has 3 aromatic heterocycles. The Labute approximate surface area is 132 Å². The third-order valence-corrected chi connectivity index (χ3v) is 3.39. The summed E-state index contributed by atoms with van der Waals surface area (Å²) in [5.74, 6) is 0.587. The summed E-state index contributed by atoms with van der Waals surface area (Å²) in [6.45, 7) is 0. The first-order chi connectivity index (χ1) is 11.4. The van der Waals surface area contributed by atoms with Crippen molar-refractivity contribution in [3.05, 3.63) is 73.0 Å². The average molecular weight is 303 g/mol. The van der Waals surface area contributed by atoms with Crippen LogP contribution in [0.3, 0.4) is 0 Å². The normalized spacial score (nSPS) is 11.3. The molecule has 0 atom stereocenters. The van der Waals surface area contributed by atoms with Gasteiger partial charge >= 0.3 is 5.84 Å². The van der Waals surface area contributed by atoms with E-state index in [0.29, 0.717) is 5.84 Å². The smallest absolute Gasteiger partial charge is 0.306 e. The monoisotopic (exact) mass is 303 g/mol. The lowest BCUT2D eigenvalue weighted by Gasteiger charge is -2.01. The van der Waals surface area contributed by atoms with Crippen LogP contribution in [0.25, 0.3) is 17.1 Å². The molecule has 23 heavy (non-hydrogen) atoms. The van der Waals surface area contributed by atoms with E-state index in [1.807, 2.05) is 53.2 Å². The summed E-state index contributed by atoms with van der Waals surface area (Å²) in [4.78, 5) is 8.38. The first-order valence-corrected chi connectivity index (χ1v) is 7.10. The number of anilines is 1. The molecular weight excluding hydrogens is 290 g/mol. The number of hydrogen-bond donors (Lipinski definition) is 1. The van der Waals surface area contributed by atoms with Crippen LogP contribution in [0.15, 0.2) is 77.0 Å². The Morgan fingerprint density at radius 1 is 1.09 bits per heavy atom. The van der Waals surface area contributed by atoms with Gasteiger partial charge in [0.05, 0.1) is 17.6 Å². The van der Waals surface area contributed by atoms with Crippen molar-refractivity contribution >= 4 is 17.7 Å². The maximum Gasteiger partial charge on any atom is 0.306 e. The molecule has 0 saturated carbocycles. The molecule has 0 aliphatic heterocycles. The predicted molar refractivity (Wildman–Crippen MR) is 88.3 cm³/mol. The number of nitrogens with zero attached hydrogens (tertiary/aromatic N) is 4. The van der Waals surface area contributed by atoms with Crippen molar-refractivity contribution in [3.63, 3.8) is 0 Å². The fraction of sp³-hybridized carbons (Fsp3) is 0. The van der Waals surface area contributed by atoms with Crippen LogP contribution >= 0.6 is 0 Å². The summed E-state index contributed by atoms with van der Waals surface area (Å²) < 4.78 is 7.10. The number of imidazole rings is 1. The summed E-state index contributed by atoms with van der Waals surface area (Å²) in [7, 11) is 0. The molecule has 1 aromatic carbocycles. The number of aromatic nitrogens is 3. The molecule has 0 saturated heterocycles. The zero-order chi connectivity index (χ0) is 15.5. The molecule has 0 aliphatic carbocycles. The zero-order valence-electron chi connectivity index (χ0n) is 12.1. The fourth-order valence-electron chi connectivity index (χ4n) is 2.21. The van der Waals surface area contributed by atoms with Crippen LogP contribution in [0.5, 0.6) is 0 Å². The third-order valence-electron chi connectivity index (χ3n) is 3.39. The Bertz CT molecular complexity index is 909. The lowest BCUT2D eigenvalue weighted by Crippen LogP contribution is -1.90. The van der Waals surface area contributed by atoms with E-state index < -0.39 is 0 Å². The lowest BCUT2D eigenvalue weighted by atomic mass is 10.1. The van der Waals surface area contributed by atoms with Crippen molar-refractivity contribution in [2.24, 2.45) is 5.10 Å². The van der Waals surface area contributed by atoms with E-state index in [-0.39, 0.29) is 0 Å². The molecule has 0 bridgehead atoms. The second-order valence-corrected chi connectivity index (χ2v) is 4.95. The van der Waals surface area contributed by atoms with E-state index in [1.165, 1.54) is 0 Å². The molecule has 0 spiro atoms. The van der Waals surface area contributed by atoms with Crippen LogP contribution in [0.1, 0.15) is 5.56 Å². The maximum atomic E-state index is 5.25. The quantitative estimate of drug-likeness (QED) is 0.463. The molecular formula is C17H13N5O. The molecule has 0 aliphatic rings. The molecule has 4 aromatic rings. The topological polar surface area (TPSA) is 67.7 Å². The Kier molecular flexibility index (Phi) is 3.32. The van der Waals surface area contributed by atoms with Gasteiger partial charge in [-0.25, -0.2) is 0 Å². The molecule has 1 N–H and O–H groups in total. The number of benzene rings is 1. The summed E-state index contributed by atoms with van der Waals surface area (Å²) in [5, 5.41) is 4.20. The second-order valence-electron chi connectivity index (χ2n) is 4.95. The zero-order valence-corrected chi connectivity index (χ0v) is 12.1. The molecule has 112 valence electrons. The molecule has 3 heterocycles. The largest absolute Gasteiger partial charge is 0.432 e. The van der Waals surface area contributed by atoms with Gasteiger partial charge in [-0.15, -0.1) is 0 Å². The minimum Gasteiger partial charge on any atom is -0.432 e. The second kappa shape index (κ2) is 5.76. The van der Waals surface area contributed by atoms with Crippen molar-refractivity contribution < 1.29 is 4.42 Å². The van der Waals surface area contributed by atoms with Crippen LogP contribution in [0.4, 0.5) is 5.69 Å². The first-order valence-electron chi connectivity index (χ1n) is 7.10. The van der Waals surface area contributed by atoms with Crippen molar-refractivity contribution in [1.29, 1.82) is 0 Å². The highest BCUT2D eigenvalue weighted by Gasteiger charge is 2.05. The van der Waals surface area contributed by atoms with E-state index in [9.17, 15) is 0 Å². The van der Waals surface area contributed by atoms with Gasteiger partial charge in [0.1, 0.15) is 6.26 Å². The number of fused-ring (bicyclic) bond motifs is 1. The fourth-order valence-corrected chi connectivity index (χ4v) is 2.21. The van der Waals surface area contributed by atoms with Gasteiger partial charge in [0, 0.05) is 30.4 Å². The van der Waals surface area contributed by atoms with Crippen molar-refractivity contribution in [2.45, 2.75) is 0 Å². The number of rotatable bonds is 4. The van der Waals surface area contributed by atoms with E-state index in [2.05, 4.69) is 20.5 Å². The van der Waals surface area contributed by atoms with Gasteiger partial charge in [-0.2, -0.15) is 10.1 Å². The van der Waals surface area contributed by atoms with Crippen LogP contribution in [0.2, 0.25) is 0 Å². The van der Waals surface area contributed by atoms with Gasteiger partial charge < -0.3 is 4.42 Å². The lowest BCUT2D eigenvalue weighted by molar-refractivity contribution is 0.596. The van der Waals surface area contributed by atoms with Crippen LogP contribution in [0, 0.1) is 0 Å². The summed E-state index contributed by atoms with van der Waals surface area (Å²) in [6, 6.07) is 11.7. The van der Waals surface area contributed by atoms with Gasteiger partial charge in [0.2, 0.25) is 0 Å². The van der Waals surface area contributed by atoms with Crippen molar-refractivity contribution in [2.75, 3.05) is 5.43 Å². The molecule has 6 nitrogen and oxygen atoms in total. The SMILES string of the molecule is C(=NNc1ccc(-c2cn3ccoc3n2)cc1)c1ccncc1. The van der Waals surface area contributed by atoms with Crippen LogP contribution in [-0.2, 0) is 0 Å². The summed E-state index contributed by atoms with van der Waals surface area (Å²) in [5.41, 5.74) is 6.79. The Morgan fingerprint density at radius 3 is 2.70 bits per heavy atom. The van der Waals surface area contributed by atoms with E-state index in [1.54, 1.807) is 24.9 Å².